The van der Waals surface area contributed by atoms with Crippen LogP contribution < -0.4 is 15.2 Å². The molecule has 5 nitrogen and oxygen atoms in total. The molecule has 0 amide bonds. The van der Waals surface area contributed by atoms with E-state index in [1.165, 1.54) is 0 Å². The van der Waals surface area contributed by atoms with Gasteiger partial charge < -0.3 is 10.5 Å². The molecule has 0 radical (unpaired) electrons. The van der Waals surface area contributed by atoms with Gasteiger partial charge in [0.15, 0.2) is 0 Å². The molecule has 0 aliphatic carbocycles. The molecule has 21 heavy (non-hydrogen) atoms. The molecule has 7 heteroatoms. The summed E-state index contributed by atoms with van der Waals surface area (Å²) in [6.07, 6.45) is 0.604. The Morgan fingerprint density at radius 1 is 1.14 bits per heavy atom. The monoisotopic (exact) mass is 330 g/mol. The Labute approximate surface area is 130 Å². The van der Waals surface area contributed by atoms with Crippen LogP contribution in [0.4, 0.5) is 0 Å². The number of fused-ring (bicyclic) bond motifs is 1. The first-order chi connectivity index (χ1) is 9.60. The largest absolute Gasteiger partial charge is 0.496 e. The minimum absolute atomic E-state index is 0. The Morgan fingerprint density at radius 3 is 2.43 bits per heavy atom. The molecule has 0 saturated carbocycles. The highest BCUT2D eigenvalue weighted by molar-refractivity contribution is 7.89. The summed E-state index contributed by atoms with van der Waals surface area (Å²) in [5.74, 6) is 0.654. The summed E-state index contributed by atoms with van der Waals surface area (Å²) >= 11 is 0. The number of hydrogen-bond donors (Lipinski definition) is 2. The van der Waals surface area contributed by atoms with E-state index in [1.807, 2.05) is 12.1 Å². The number of methoxy groups -OCH3 is 1. The van der Waals surface area contributed by atoms with E-state index in [1.54, 1.807) is 31.4 Å². The molecular formula is C14H19ClN2O3S. The van der Waals surface area contributed by atoms with Crippen molar-refractivity contribution in [3.8, 4) is 5.75 Å². The number of nitrogens with two attached hydrogens (primary N) is 1. The molecule has 0 aliphatic heterocycles. The normalized spacial score (nSPS) is 11.1. The van der Waals surface area contributed by atoms with E-state index < -0.39 is 10.0 Å². The minimum Gasteiger partial charge on any atom is -0.496 e. The molecule has 3 N–H and O–H groups in total. The van der Waals surface area contributed by atoms with Crippen molar-refractivity contribution in [3.05, 3.63) is 36.4 Å². The van der Waals surface area contributed by atoms with Crippen molar-refractivity contribution in [1.29, 1.82) is 0 Å². The molecule has 2 aromatic rings. The average molecular weight is 331 g/mol. The van der Waals surface area contributed by atoms with Gasteiger partial charge in [0.2, 0.25) is 10.0 Å². The van der Waals surface area contributed by atoms with Crippen LogP contribution >= 0.6 is 12.4 Å². The second-order valence-corrected chi connectivity index (χ2v) is 6.09. The Bertz CT molecular complexity index is 704. The smallest absolute Gasteiger partial charge is 0.241 e. The molecule has 2 aromatic carbocycles. The fourth-order valence-corrected chi connectivity index (χ4v) is 3.33. The van der Waals surface area contributed by atoms with Crippen molar-refractivity contribution in [2.75, 3.05) is 20.2 Å². The number of hydrogen-bond acceptors (Lipinski definition) is 4. The summed E-state index contributed by atoms with van der Waals surface area (Å²) in [4.78, 5) is 0.255. The standard InChI is InChI=1S/C14H18N2O3S.ClH/c1-19-13-7-8-14(12-6-3-2-5-11(12)13)20(17,18)16-10-4-9-15;/h2-3,5-8,16H,4,9-10,15H2,1H3;1H. The summed E-state index contributed by atoms with van der Waals surface area (Å²) in [5.41, 5.74) is 5.37. The molecule has 0 heterocycles. The topological polar surface area (TPSA) is 81.4 Å². The molecule has 0 bridgehead atoms. The first-order valence-corrected chi connectivity index (χ1v) is 7.84. The first kappa shape index (κ1) is 17.7. The van der Waals surface area contributed by atoms with Gasteiger partial charge in [-0.3, -0.25) is 0 Å². The Balaban J connectivity index is 0.00000220. The van der Waals surface area contributed by atoms with Crippen molar-refractivity contribution in [1.82, 2.24) is 4.72 Å². The zero-order valence-corrected chi connectivity index (χ0v) is 13.3. The maximum absolute atomic E-state index is 12.3. The second kappa shape index (κ2) is 7.61. The molecule has 2 rings (SSSR count). The number of benzene rings is 2. The maximum Gasteiger partial charge on any atom is 0.241 e. The predicted molar refractivity (Wildman–Crippen MR) is 86.6 cm³/mol. The van der Waals surface area contributed by atoms with Crippen LogP contribution in [0.1, 0.15) is 6.42 Å². The van der Waals surface area contributed by atoms with Crippen LogP contribution in [-0.4, -0.2) is 28.6 Å². The summed E-state index contributed by atoms with van der Waals surface area (Å²) in [7, 11) is -1.98. The van der Waals surface area contributed by atoms with Crippen LogP contribution in [0.3, 0.4) is 0 Å². The summed E-state index contributed by atoms with van der Waals surface area (Å²) < 4.78 is 32.5. The fourth-order valence-electron chi connectivity index (χ4n) is 2.04. The van der Waals surface area contributed by atoms with E-state index in [9.17, 15) is 8.42 Å². The zero-order chi connectivity index (χ0) is 14.6. The van der Waals surface area contributed by atoms with Gasteiger partial charge >= 0.3 is 0 Å². The maximum atomic E-state index is 12.3. The van der Waals surface area contributed by atoms with Crippen LogP contribution in [-0.2, 0) is 10.0 Å². The highest BCUT2D eigenvalue weighted by Crippen LogP contribution is 2.30. The molecule has 0 unspecified atom stereocenters. The third-order valence-corrected chi connectivity index (χ3v) is 4.55. The Hall–Kier alpha value is -1.34. The van der Waals surface area contributed by atoms with Crippen LogP contribution in [0, 0.1) is 0 Å². The first-order valence-electron chi connectivity index (χ1n) is 6.35. The summed E-state index contributed by atoms with van der Waals surface area (Å²) in [6.45, 7) is 0.783. The van der Waals surface area contributed by atoms with Gasteiger partial charge in [-0.25, -0.2) is 13.1 Å². The zero-order valence-electron chi connectivity index (χ0n) is 11.7. The molecule has 116 valence electrons. The minimum atomic E-state index is -3.55. The van der Waals surface area contributed by atoms with Crippen LogP contribution in [0.15, 0.2) is 41.3 Å². The van der Waals surface area contributed by atoms with E-state index in [0.29, 0.717) is 30.6 Å². The van der Waals surface area contributed by atoms with Gasteiger partial charge in [0.25, 0.3) is 0 Å². The Morgan fingerprint density at radius 2 is 1.81 bits per heavy atom. The van der Waals surface area contributed by atoms with E-state index in [2.05, 4.69) is 4.72 Å². The molecule has 0 aliphatic rings. The quantitative estimate of drug-likeness (QED) is 0.793. The number of nitrogens with one attached hydrogen (secondary N) is 1. The van der Waals surface area contributed by atoms with Gasteiger partial charge in [-0.1, -0.05) is 24.3 Å². The van der Waals surface area contributed by atoms with Crippen molar-refractivity contribution < 1.29 is 13.2 Å². The third-order valence-electron chi connectivity index (χ3n) is 3.03. The highest BCUT2D eigenvalue weighted by Gasteiger charge is 2.18. The van der Waals surface area contributed by atoms with Gasteiger partial charge in [0, 0.05) is 17.3 Å². The van der Waals surface area contributed by atoms with Gasteiger partial charge in [0.05, 0.1) is 12.0 Å². The molecule has 0 spiro atoms. The van der Waals surface area contributed by atoms with E-state index >= 15 is 0 Å². The lowest BCUT2D eigenvalue weighted by Crippen LogP contribution is -2.26. The molecule has 0 saturated heterocycles. The number of sulfonamides is 1. The molecular weight excluding hydrogens is 312 g/mol. The van der Waals surface area contributed by atoms with Crippen molar-refractivity contribution in [2.45, 2.75) is 11.3 Å². The molecule has 0 aromatic heterocycles. The van der Waals surface area contributed by atoms with Gasteiger partial charge in [-0.05, 0) is 25.1 Å². The summed E-state index contributed by atoms with van der Waals surface area (Å²) in [5, 5.41) is 1.42. The number of halogens is 1. The van der Waals surface area contributed by atoms with Crippen LogP contribution in [0.2, 0.25) is 0 Å². The van der Waals surface area contributed by atoms with Crippen molar-refractivity contribution >= 4 is 33.2 Å². The van der Waals surface area contributed by atoms with Crippen LogP contribution in [0.25, 0.3) is 10.8 Å². The second-order valence-electron chi connectivity index (χ2n) is 4.35. The summed E-state index contributed by atoms with van der Waals surface area (Å²) in [6, 6.07) is 10.5. The van der Waals surface area contributed by atoms with Crippen LogP contribution in [0.5, 0.6) is 5.75 Å². The van der Waals surface area contributed by atoms with E-state index in [4.69, 9.17) is 10.5 Å². The van der Waals surface area contributed by atoms with E-state index in [-0.39, 0.29) is 17.3 Å². The fraction of sp³-hybridized carbons (Fsp3) is 0.286. The highest BCUT2D eigenvalue weighted by atomic mass is 35.5. The SMILES string of the molecule is COc1ccc(S(=O)(=O)NCCCN)c2ccccc12.Cl. The predicted octanol–water partition coefficient (Wildman–Crippen LogP) is 1.90. The number of ether oxygens (including phenoxy) is 1. The van der Waals surface area contributed by atoms with Crippen molar-refractivity contribution in [2.24, 2.45) is 5.73 Å². The molecule has 0 fully saturated rings. The Kier molecular flexibility index (Phi) is 6.42. The van der Waals surface area contributed by atoms with Gasteiger partial charge in [-0.15, -0.1) is 12.4 Å². The lowest BCUT2D eigenvalue weighted by Gasteiger charge is -2.11. The third kappa shape index (κ3) is 3.85. The molecule has 0 atom stereocenters. The lowest BCUT2D eigenvalue weighted by molar-refractivity contribution is 0.419. The number of rotatable bonds is 6. The average Bonchev–Trinajstić information content (AvgIpc) is 2.46. The van der Waals surface area contributed by atoms with E-state index in [0.717, 1.165) is 5.39 Å². The van der Waals surface area contributed by atoms with Gasteiger partial charge in [0.1, 0.15) is 5.75 Å². The van der Waals surface area contributed by atoms with Crippen molar-refractivity contribution in [3.63, 3.8) is 0 Å². The lowest BCUT2D eigenvalue weighted by atomic mass is 10.1. The van der Waals surface area contributed by atoms with Gasteiger partial charge in [-0.2, -0.15) is 0 Å².